The highest BCUT2D eigenvalue weighted by Crippen LogP contribution is 2.13. The van der Waals surface area contributed by atoms with Gasteiger partial charge in [0.25, 0.3) is 0 Å². The fourth-order valence-corrected chi connectivity index (χ4v) is 1.17. The van der Waals surface area contributed by atoms with E-state index < -0.39 is 0 Å². The van der Waals surface area contributed by atoms with Crippen LogP contribution in [0.15, 0.2) is 6.20 Å². The van der Waals surface area contributed by atoms with Gasteiger partial charge in [0, 0.05) is 33.0 Å². The molecular weight excluding hydrogens is 180 g/mol. The third-order valence-electron chi connectivity index (χ3n) is 1.82. The number of hydrogen-bond donors (Lipinski definition) is 2. The van der Waals surface area contributed by atoms with Crippen molar-refractivity contribution in [3.05, 3.63) is 6.20 Å². The molecule has 0 atom stereocenters. The predicted molar refractivity (Wildman–Crippen MR) is 57.2 cm³/mol. The topological polar surface area (TPSA) is 65.1 Å². The molecule has 3 N–H and O–H groups in total. The molecule has 0 fully saturated rings. The van der Waals surface area contributed by atoms with Gasteiger partial charge in [-0.3, -0.25) is 4.68 Å². The van der Waals surface area contributed by atoms with E-state index >= 15 is 0 Å². The van der Waals surface area contributed by atoms with Crippen LogP contribution in [0.3, 0.4) is 0 Å². The summed E-state index contributed by atoms with van der Waals surface area (Å²) in [4.78, 5) is 0. The van der Waals surface area contributed by atoms with E-state index in [4.69, 9.17) is 10.5 Å². The minimum absolute atomic E-state index is 0.684. The van der Waals surface area contributed by atoms with Gasteiger partial charge in [0.15, 0.2) is 5.82 Å². The molecule has 0 bridgehead atoms. The van der Waals surface area contributed by atoms with Crippen molar-refractivity contribution in [3.63, 3.8) is 0 Å². The Hall–Kier alpha value is -1.23. The van der Waals surface area contributed by atoms with Crippen molar-refractivity contribution in [2.45, 2.75) is 13.3 Å². The Morgan fingerprint density at radius 1 is 1.64 bits per heavy atom. The van der Waals surface area contributed by atoms with Gasteiger partial charge in [-0.15, -0.1) is 0 Å². The minimum atomic E-state index is 0.684. The predicted octanol–water partition coefficient (Wildman–Crippen LogP) is 0.841. The highest BCUT2D eigenvalue weighted by molar-refractivity contribution is 5.59. The first-order valence-electron chi connectivity index (χ1n) is 4.84. The summed E-state index contributed by atoms with van der Waals surface area (Å²) in [6.07, 6.45) is 2.74. The van der Waals surface area contributed by atoms with Crippen LogP contribution in [0.1, 0.15) is 13.3 Å². The van der Waals surface area contributed by atoms with Crippen LogP contribution < -0.4 is 11.1 Å². The van der Waals surface area contributed by atoms with Crippen molar-refractivity contribution in [2.24, 2.45) is 7.05 Å². The molecular formula is C9H18N4O. The summed E-state index contributed by atoms with van der Waals surface area (Å²) >= 11 is 0. The maximum atomic E-state index is 5.71. The Kier molecular flexibility index (Phi) is 4.25. The van der Waals surface area contributed by atoms with Crippen LogP contribution in [0.25, 0.3) is 0 Å². The van der Waals surface area contributed by atoms with Crippen molar-refractivity contribution >= 4 is 11.5 Å². The summed E-state index contributed by atoms with van der Waals surface area (Å²) in [7, 11) is 1.85. The molecule has 0 aliphatic carbocycles. The Bertz CT molecular complexity index is 272. The lowest BCUT2D eigenvalue weighted by atomic mass is 10.4. The van der Waals surface area contributed by atoms with Gasteiger partial charge in [0.2, 0.25) is 0 Å². The molecule has 0 aliphatic heterocycles. The van der Waals surface area contributed by atoms with E-state index in [1.165, 1.54) is 0 Å². The number of anilines is 2. The summed E-state index contributed by atoms with van der Waals surface area (Å²) < 4.78 is 6.90. The van der Waals surface area contributed by atoms with Crippen LogP contribution >= 0.6 is 0 Å². The van der Waals surface area contributed by atoms with Gasteiger partial charge in [-0.05, 0) is 13.3 Å². The van der Waals surface area contributed by atoms with Crippen molar-refractivity contribution in [2.75, 3.05) is 30.8 Å². The molecule has 1 heterocycles. The zero-order valence-corrected chi connectivity index (χ0v) is 8.79. The molecule has 1 aromatic rings. The molecule has 0 unspecified atom stereocenters. The van der Waals surface area contributed by atoms with E-state index in [1.54, 1.807) is 10.9 Å². The Morgan fingerprint density at radius 2 is 2.43 bits per heavy atom. The van der Waals surface area contributed by atoms with Crippen molar-refractivity contribution in [1.82, 2.24) is 9.78 Å². The van der Waals surface area contributed by atoms with E-state index in [1.807, 2.05) is 14.0 Å². The molecule has 1 rings (SSSR count). The third-order valence-corrected chi connectivity index (χ3v) is 1.82. The van der Waals surface area contributed by atoms with Crippen LogP contribution in [0.5, 0.6) is 0 Å². The van der Waals surface area contributed by atoms with Gasteiger partial charge in [0.05, 0.1) is 5.69 Å². The van der Waals surface area contributed by atoms with Gasteiger partial charge in [-0.2, -0.15) is 5.10 Å². The molecule has 5 heteroatoms. The van der Waals surface area contributed by atoms with Crippen molar-refractivity contribution in [1.29, 1.82) is 0 Å². The first kappa shape index (κ1) is 10.8. The fraction of sp³-hybridized carbons (Fsp3) is 0.667. The summed E-state index contributed by atoms with van der Waals surface area (Å²) in [6, 6.07) is 0. The number of nitrogens with zero attached hydrogens (tertiary/aromatic N) is 2. The highest BCUT2D eigenvalue weighted by Gasteiger charge is 2.01. The number of nitrogens with two attached hydrogens (primary N) is 1. The van der Waals surface area contributed by atoms with Gasteiger partial charge < -0.3 is 15.8 Å². The monoisotopic (exact) mass is 198 g/mol. The lowest BCUT2D eigenvalue weighted by Gasteiger charge is -2.03. The number of hydrogen-bond acceptors (Lipinski definition) is 4. The second kappa shape index (κ2) is 5.49. The summed E-state index contributed by atoms with van der Waals surface area (Å²) in [6.45, 7) is 4.37. The number of nitrogens with one attached hydrogen (secondary N) is 1. The van der Waals surface area contributed by atoms with Crippen LogP contribution in [-0.4, -0.2) is 29.5 Å². The smallest absolute Gasteiger partial charge is 0.171 e. The molecule has 80 valence electrons. The molecule has 0 saturated heterocycles. The second-order valence-corrected chi connectivity index (χ2v) is 3.08. The van der Waals surface area contributed by atoms with E-state index in [-0.39, 0.29) is 0 Å². The van der Waals surface area contributed by atoms with Gasteiger partial charge in [-0.25, -0.2) is 0 Å². The van der Waals surface area contributed by atoms with Crippen LogP contribution in [-0.2, 0) is 11.8 Å². The zero-order valence-electron chi connectivity index (χ0n) is 8.79. The van der Waals surface area contributed by atoms with Gasteiger partial charge in [0.1, 0.15) is 0 Å². The van der Waals surface area contributed by atoms with E-state index in [9.17, 15) is 0 Å². The molecule has 0 amide bonds. The van der Waals surface area contributed by atoms with E-state index in [0.29, 0.717) is 5.69 Å². The Morgan fingerprint density at radius 3 is 3.00 bits per heavy atom. The lowest BCUT2D eigenvalue weighted by molar-refractivity contribution is 0.147. The van der Waals surface area contributed by atoms with Crippen LogP contribution in [0, 0.1) is 0 Å². The molecule has 0 aliphatic rings. The molecule has 0 aromatic carbocycles. The molecule has 0 radical (unpaired) electrons. The fourth-order valence-electron chi connectivity index (χ4n) is 1.17. The van der Waals surface area contributed by atoms with E-state index in [2.05, 4.69) is 10.4 Å². The van der Waals surface area contributed by atoms with Crippen molar-refractivity contribution < 1.29 is 4.74 Å². The number of aryl methyl sites for hydroxylation is 1. The van der Waals surface area contributed by atoms with Crippen molar-refractivity contribution in [3.8, 4) is 0 Å². The maximum absolute atomic E-state index is 5.71. The Balaban J connectivity index is 2.21. The lowest BCUT2D eigenvalue weighted by Crippen LogP contribution is -2.07. The summed E-state index contributed by atoms with van der Waals surface area (Å²) in [5, 5.41) is 7.32. The van der Waals surface area contributed by atoms with Gasteiger partial charge >= 0.3 is 0 Å². The third kappa shape index (κ3) is 3.26. The summed E-state index contributed by atoms with van der Waals surface area (Å²) in [5.74, 6) is 0.754. The maximum Gasteiger partial charge on any atom is 0.171 e. The number of rotatable bonds is 6. The SMILES string of the molecule is CCOCCCNc1nn(C)cc1N. The molecule has 14 heavy (non-hydrogen) atoms. The zero-order chi connectivity index (χ0) is 10.4. The highest BCUT2D eigenvalue weighted by atomic mass is 16.5. The molecule has 0 spiro atoms. The first-order chi connectivity index (χ1) is 6.74. The number of nitrogen functional groups attached to an aromatic ring is 1. The largest absolute Gasteiger partial charge is 0.394 e. The van der Waals surface area contributed by atoms with E-state index in [0.717, 1.165) is 32.0 Å². The standard InChI is InChI=1S/C9H18N4O/c1-3-14-6-4-5-11-9-8(10)7-13(2)12-9/h7H,3-6,10H2,1-2H3,(H,11,12). The molecule has 0 saturated carbocycles. The minimum Gasteiger partial charge on any atom is -0.394 e. The number of aromatic nitrogens is 2. The average molecular weight is 198 g/mol. The quantitative estimate of drug-likeness (QED) is 0.665. The normalized spacial score (nSPS) is 10.4. The second-order valence-electron chi connectivity index (χ2n) is 3.08. The average Bonchev–Trinajstić information content (AvgIpc) is 2.45. The Labute approximate surface area is 84.2 Å². The van der Waals surface area contributed by atoms with Gasteiger partial charge in [-0.1, -0.05) is 0 Å². The van der Waals surface area contributed by atoms with Crippen LogP contribution in [0.4, 0.5) is 11.5 Å². The number of ether oxygens (including phenoxy) is 1. The summed E-state index contributed by atoms with van der Waals surface area (Å²) in [5.41, 5.74) is 6.39. The van der Waals surface area contributed by atoms with Crippen LogP contribution in [0.2, 0.25) is 0 Å². The first-order valence-corrected chi connectivity index (χ1v) is 4.84. The molecule has 5 nitrogen and oxygen atoms in total. The molecule has 1 aromatic heterocycles.